The lowest BCUT2D eigenvalue weighted by Gasteiger charge is -2.26. The van der Waals surface area contributed by atoms with Gasteiger partial charge in [0.2, 0.25) is 10.0 Å². The fraction of sp³-hybridized carbons (Fsp3) is 0.250. The Morgan fingerprint density at radius 1 is 1.03 bits per heavy atom. The highest BCUT2D eigenvalue weighted by Gasteiger charge is 2.27. The molecule has 3 aromatic rings. The van der Waals surface area contributed by atoms with E-state index in [0.717, 1.165) is 0 Å². The molecule has 33 heavy (non-hydrogen) atoms. The summed E-state index contributed by atoms with van der Waals surface area (Å²) in [6.07, 6.45) is -0.288. The molecule has 0 bridgehead atoms. The summed E-state index contributed by atoms with van der Waals surface area (Å²) in [5.41, 5.74) is 1.28. The van der Waals surface area contributed by atoms with E-state index < -0.39 is 27.6 Å². The van der Waals surface area contributed by atoms with Crippen molar-refractivity contribution in [2.75, 3.05) is 26.3 Å². The number of ether oxygens (including phenoxy) is 1. The maximum atomic E-state index is 13.9. The van der Waals surface area contributed by atoms with Crippen molar-refractivity contribution in [3.8, 4) is 0 Å². The maximum absolute atomic E-state index is 13.9. The number of carbonyl (C=O) groups excluding carboxylic acids is 1. The van der Waals surface area contributed by atoms with Crippen LogP contribution >= 0.6 is 0 Å². The van der Waals surface area contributed by atoms with Crippen molar-refractivity contribution in [3.63, 3.8) is 0 Å². The number of nitrogens with zero attached hydrogens (tertiary/aromatic N) is 1. The highest BCUT2D eigenvalue weighted by Crippen LogP contribution is 2.28. The number of halogens is 1. The van der Waals surface area contributed by atoms with Crippen LogP contribution in [-0.2, 0) is 26.0 Å². The first-order valence-electron chi connectivity index (χ1n) is 10.3. The van der Waals surface area contributed by atoms with Crippen LogP contribution in [0.15, 0.2) is 53.4 Å². The molecule has 0 unspecified atom stereocenters. The molecule has 1 aliphatic heterocycles. The summed E-state index contributed by atoms with van der Waals surface area (Å²) < 4.78 is 46.4. The van der Waals surface area contributed by atoms with Crippen LogP contribution in [0.4, 0.5) is 4.39 Å². The van der Waals surface area contributed by atoms with Gasteiger partial charge in [-0.05, 0) is 65.2 Å². The van der Waals surface area contributed by atoms with Gasteiger partial charge in [0, 0.05) is 24.2 Å². The number of fused-ring (bicyclic) bond motifs is 1. The highest BCUT2D eigenvalue weighted by atomic mass is 32.2. The van der Waals surface area contributed by atoms with E-state index in [1.54, 1.807) is 13.0 Å². The van der Waals surface area contributed by atoms with Gasteiger partial charge in [0.05, 0.1) is 24.5 Å². The minimum atomic E-state index is -3.72. The van der Waals surface area contributed by atoms with Crippen molar-refractivity contribution in [2.45, 2.75) is 18.2 Å². The predicted molar refractivity (Wildman–Crippen MR) is 119 cm³/mol. The summed E-state index contributed by atoms with van der Waals surface area (Å²) >= 11 is 0. The zero-order chi connectivity index (χ0) is 23.8. The van der Waals surface area contributed by atoms with Crippen LogP contribution in [0.25, 0.3) is 10.8 Å². The quantitative estimate of drug-likeness (QED) is 0.555. The molecule has 0 spiro atoms. The number of carboxylic acid groups (broad SMARTS) is 1. The van der Waals surface area contributed by atoms with Gasteiger partial charge in [-0.25, -0.2) is 12.8 Å². The van der Waals surface area contributed by atoms with Crippen LogP contribution in [0.2, 0.25) is 0 Å². The van der Waals surface area contributed by atoms with Gasteiger partial charge in [-0.3, -0.25) is 9.59 Å². The third kappa shape index (κ3) is 4.66. The molecule has 1 N–H and O–H groups in total. The smallest absolute Gasteiger partial charge is 0.307 e. The lowest BCUT2D eigenvalue weighted by Crippen LogP contribution is -2.40. The summed E-state index contributed by atoms with van der Waals surface area (Å²) in [4.78, 5) is 24.7. The van der Waals surface area contributed by atoms with E-state index in [1.165, 1.54) is 46.8 Å². The Labute approximate surface area is 190 Å². The number of hydrogen-bond donors (Lipinski definition) is 1. The van der Waals surface area contributed by atoms with Gasteiger partial charge >= 0.3 is 5.97 Å². The molecule has 3 aromatic carbocycles. The second-order valence-electron chi connectivity index (χ2n) is 7.90. The second kappa shape index (κ2) is 9.01. The maximum Gasteiger partial charge on any atom is 0.307 e. The summed E-state index contributed by atoms with van der Waals surface area (Å²) in [5.74, 6) is -2.01. The molecule has 0 atom stereocenters. The van der Waals surface area contributed by atoms with E-state index in [-0.39, 0.29) is 35.5 Å². The van der Waals surface area contributed by atoms with E-state index in [2.05, 4.69) is 0 Å². The number of morpholine rings is 1. The van der Waals surface area contributed by atoms with E-state index in [9.17, 15) is 27.5 Å². The molecule has 172 valence electrons. The zero-order valence-electron chi connectivity index (χ0n) is 17.9. The van der Waals surface area contributed by atoms with E-state index in [4.69, 9.17) is 4.74 Å². The number of sulfonamides is 1. The van der Waals surface area contributed by atoms with Gasteiger partial charge in [0.15, 0.2) is 5.78 Å². The number of hydrogen-bond acceptors (Lipinski definition) is 5. The Kier molecular flexibility index (Phi) is 6.29. The van der Waals surface area contributed by atoms with Crippen molar-refractivity contribution in [1.82, 2.24) is 4.31 Å². The van der Waals surface area contributed by atoms with Crippen LogP contribution in [-0.4, -0.2) is 55.9 Å². The van der Waals surface area contributed by atoms with E-state index in [0.29, 0.717) is 35.1 Å². The fourth-order valence-corrected chi connectivity index (χ4v) is 5.48. The third-order valence-corrected chi connectivity index (χ3v) is 7.52. The SMILES string of the molecule is Cc1cc(S(=O)(=O)N2CCOCC2)ccc1C(=O)c1cc(CC(=O)O)cc2ccc(F)cc12. The Hall–Kier alpha value is -3.14. The van der Waals surface area contributed by atoms with Gasteiger partial charge in [0.25, 0.3) is 0 Å². The zero-order valence-corrected chi connectivity index (χ0v) is 18.7. The molecule has 9 heteroatoms. The number of aliphatic carboxylic acids is 1. The van der Waals surface area contributed by atoms with Crippen molar-refractivity contribution in [1.29, 1.82) is 0 Å². The van der Waals surface area contributed by atoms with E-state index in [1.807, 2.05) is 0 Å². The van der Waals surface area contributed by atoms with Gasteiger partial charge in [-0.15, -0.1) is 0 Å². The highest BCUT2D eigenvalue weighted by molar-refractivity contribution is 7.89. The number of benzene rings is 3. The van der Waals surface area contributed by atoms with E-state index >= 15 is 0 Å². The normalized spacial score (nSPS) is 15.0. The molecule has 4 rings (SSSR count). The summed E-state index contributed by atoms with van der Waals surface area (Å²) in [6, 6.07) is 11.3. The molecule has 1 saturated heterocycles. The minimum absolute atomic E-state index is 0.0778. The monoisotopic (exact) mass is 471 g/mol. The molecule has 1 aliphatic rings. The second-order valence-corrected chi connectivity index (χ2v) is 9.84. The van der Waals surface area contributed by atoms with Crippen LogP contribution in [0, 0.1) is 12.7 Å². The molecule has 0 radical (unpaired) electrons. The number of ketones is 1. The molecule has 1 heterocycles. The van der Waals surface area contributed by atoms with Crippen molar-refractivity contribution < 1.29 is 32.2 Å². The average Bonchev–Trinajstić information content (AvgIpc) is 2.78. The molecule has 0 aliphatic carbocycles. The number of rotatable bonds is 6. The molecule has 1 fully saturated rings. The molecule has 0 aromatic heterocycles. The summed E-state index contributed by atoms with van der Waals surface area (Å²) in [5, 5.41) is 10.1. The first-order chi connectivity index (χ1) is 15.7. The van der Waals surface area contributed by atoms with Gasteiger partial charge in [-0.2, -0.15) is 4.31 Å². The number of carboxylic acids is 1. The lowest BCUT2D eigenvalue weighted by molar-refractivity contribution is -0.136. The molecule has 0 saturated carbocycles. The van der Waals surface area contributed by atoms with Crippen LogP contribution in [0.3, 0.4) is 0 Å². The standard InChI is InChI=1S/C24H22FNO6S/c1-15-10-19(33(30,31)26-6-8-32-9-7-26)4-5-20(15)24(29)22-12-16(13-23(27)28)11-17-2-3-18(25)14-21(17)22/h2-5,10-12,14H,6-9,13H2,1H3,(H,27,28). The Morgan fingerprint density at radius 2 is 1.76 bits per heavy atom. The fourth-order valence-electron chi connectivity index (χ4n) is 3.99. The molecule has 7 nitrogen and oxygen atoms in total. The first-order valence-corrected chi connectivity index (χ1v) is 11.8. The number of aryl methyl sites for hydroxylation is 1. The largest absolute Gasteiger partial charge is 0.481 e. The predicted octanol–water partition coefficient (Wildman–Crippen LogP) is 3.17. The number of carbonyl (C=O) groups is 2. The van der Waals surface area contributed by atoms with Crippen LogP contribution < -0.4 is 0 Å². The summed E-state index contributed by atoms with van der Waals surface area (Å²) in [6.45, 7) is 2.80. The van der Waals surface area contributed by atoms with Crippen molar-refractivity contribution >= 4 is 32.5 Å². The van der Waals surface area contributed by atoms with Crippen molar-refractivity contribution in [3.05, 3.63) is 76.6 Å². The minimum Gasteiger partial charge on any atom is -0.481 e. The topological polar surface area (TPSA) is 101 Å². The summed E-state index contributed by atoms with van der Waals surface area (Å²) in [7, 11) is -3.72. The van der Waals surface area contributed by atoms with Gasteiger partial charge in [0.1, 0.15) is 5.82 Å². The van der Waals surface area contributed by atoms with Gasteiger partial charge in [-0.1, -0.05) is 12.1 Å². The molecular formula is C24H22FNO6S. The van der Waals surface area contributed by atoms with Crippen LogP contribution in [0.1, 0.15) is 27.0 Å². The third-order valence-electron chi connectivity index (χ3n) is 5.63. The Bertz CT molecular complexity index is 1360. The Morgan fingerprint density at radius 3 is 2.42 bits per heavy atom. The molecule has 0 amide bonds. The Balaban J connectivity index is 1.76. The lowest BCUT2D eigenvalue weighted by atomic mass is 9.92. The van der Waals surface area contributed by atoms with Crippen molar-refractivity contribution in [2.24, 2.45) is 0 Å². The molecular weight excluding hydrogens is 449 g/mol. The average molecular weight is 472 g/mol. The van der Waals surface area contributed by atoms with Gasteiger partial charge < -0.3 is 9.84 Å². The van der Waals surface area contributed by atoms with Crippen LogP contribution in [0.5, 0.6) is 0 Å². The first kappa shape index (κ1) is 23.0.